The summed E-state index contributed by atoms with van der Waals surface area (Å²) < 4.78 is 0. The number of hydrogen-bond acceptors (Lipinski definition) is 2. The molecule has 0 atom stereocenters. The minimum absolute atomic E-state index is 0.988. The summed E-state index contributed by atoms with van der Waals surface area (Å²) in [6.45, 7) is 1.04. The van der Waals surface area contributed by atoms with Crippen molar-refractivity contribution in [2.75, 3.05) is 11.9 Å². The molecule has 0 aliphatic heterocycles. The minimum atomic E-state index is 0.988. The second-order valence-electron chi connectivity index (χ2n) is 5.60. The number of nitrogens with zero attached hydrogens (tertiary/aromatic N) is 1. The second-order valence-corrected chi connectivity index (χ2v) is 5.60. The molecule has 0 amide bonds. The Kier molecular flexibility index (Phi) is 3.97. The molecule has 1 heterocycles. The molecule has 1 saturated carbocycles. The van der Waals surface area contributed by atoms with Gasteiger partial charge in [-0.1, -0.05) is 49.9 Å². The summed E-state index contributed by atoms with van der Waals surface area (Å²) in [6, 6.07) is 10.5. The number of rotatable bonds is 5. The van der Waals surface area contributed by atoms with E-state index in [9.17, 15) is 0 Å². The van der Waals surface area contributed by atoms with Crippen LogP contribution in [0.1, 0.15) is 38.5 Å². The van der Waals surface area contributed by atoms with E-state index in [0.717, 1.165) is 18.3 Å². The van der Waals surface area contributed by atoms with Gasteiger partial charge in [0.15, 0.2) is 0 Å². The number of hydrogen-bond donors (Lipinski definition) is 1. The highest BCUT2D eigenvalue weighted by atomic mass is 15.0. The van der Waals surface area contributed by atoms with Crippen LogP contribution in [0.25, 0.3) is 10.8 Å². The van der Waals surface area contributed by atoms with Crippen molar-refractivity contribution < 1.29 is 0 Å². The third kappa shape index (κ3) is 3.06. The topological polar surface area (TPSA) is 24.9 Å². The van der Waals surface area contributed by atoms with Crippen molar-refractivity contribution in [3.05, 3.63) is 36.5 Å². The number of fused-ring (bicyclic) bond motifs is 1. The average molecular weight is 254 g/mol. The largest absolute Gasteiger partial charge is 0.370 e. The third-order valence-corrected chi connectivity index (χ3v) is 4.23. The predicted octanol–water partition coefficient (Wildman–Crippen LogP) is 4.62. The van der Waals surface area contributed by atoms with Crippen molar-refractivity contribution in [2.45, 2.75) is 38.5 Å². The lowest BCUT2D eigenvalue weighted by Gasteiger charge is -2.11. The van der Waals surface area contributed by atoms with E-state index in [1.807, 2.05) is 6.20 Å². The van der Waals surface area contributed by atoms with Gasteiger partial charge in [-0.05, 0) is 30.2 Å². The summed E-state index contributed by atoms with van der Waals surface area (Å²) in [5.41, 5.74) is 0. The summed E-state index contributed by atoms with van der Waals surface area (Å²) in [5.74, 6) is 2.02. The first kappa shape index (κ1) is 12.5. The monoisotopic (exact) mass is 254 g/mol. The Labute approximate surface area is 115 Å². The van der Waals surface area contributed by atoms with Gasteiger partial charge in [0, 0.05) is 18.1 Å². The SMILES string of the molecule is c1ccc2c(NCCCC3CCCC3)nccc2c1. The zero-order chi connectivity index (χ0) is 12.9. The van der Waals surface area contributed by atoms with Gasteiger partial charge in [0.1, 0.15) is 5.82 Å². The lowest BCUT2D eigenvalue weighted by atomic mass is 10.0. The van der Waals surface area contributed by atoms with Crippen molar-refractivity contribution in [3.63, 3.8) is 0 Å². The first-order chi connectivity index (χ1) is 9.43. The summed E-state index contributed by atoms with van der Waals surface area (Å²) in [4.78, 5) is 4.47. The molecule has 0 spiro atoms. The van der Waals surface area contributed by atoms with E-state index < -0.39 is 0 Å². The molecule has 2 heteroatoms. The molecule has 1 fully saturated rings. The maximum atomic E-state index is 4.47. The van der Waals surface area contributed by atoms with E-state index >= 15 is 0 Å². The molecule has 2 aromatic rings. The molecule has 1 N–H and O–H groups in total. The van der Waals surface area contributed by atoms with Gasteiger partial charge in [-0.2, -0.15) is 0 Å². The predicted molar refractivity (Wildman–Crippen MR) is 81.4 cm³/mol. The van der Waals surface area contributed by atoms with Crippen molar-refractivity contribution in [3.8, 4) is 0 Å². The zero-order valence-corrected chi connectivity index (χ0v) is 11.4. The van der Waals surface area contributed by atoms with Gasteiger partial charge in [0.05, 0.1) is 0 Å². The average Bonchev–Trinajstić information content (AvgIpc) is 2.97. The Morgan fingerprint density at radius 2 is 1.95 bits per heavy atom. The van der Waals surface area contributed by atoms with Gasteiger partial charge >= 0.3 is 0 Å². The Bertz CT molecular complexity index is 524. The first-order valence-corrected chi connectivity index (χ1v) is 7.51. The van der Waals surface area contributed by atoms with Crippen molar-refractivity contribution in [1.82, 2.24) is 4.98 Å². The Balaban J connectivity index is 1.56. The molecule has 0 unspecified atom stereocenters. The van der Waals surface area contributed by atoms with Gasteiger partial charge in [0.25, 0.3) is 0 Å². The molecule has 100 valence electrons. The molecule has 3 rings (SSSR count). The van der Waals surface area contributed by atoms with Crippen molar-refractivity contribution >= 4 is 16.6 Å². The van der Waals surface area contributed by atoms with Crippen LogP contribution < -0.4 is 5.32 Å². The number of pyridine rings is 1. The van der Waals surface area contributed by atoms with E-state index in [-0.39, 0.29) is 0 Å². The van der Waals surface area contributed by atoms with Crippen LogP contribution in [-0.2, 0) is 0 Å². The lowest BCUT2D eigenvalue weighted by Crippen LogP contribution is -2.05. The molecule has 0 saturated heterocycles. The van der Waals surface area contributed by atoms with Crippen LogP contribution in [0.2, 0.25) is 0 Å². The van der Waals surface area contributed by atoms with E-state index in [0.29, 0.717) is 0 Å². The molecule has 2 nitrogen and oxygen atoms in total. The molecule has 1 aromatic carbocycles. The minimum Gasteiger partial charge on any atom is -0.370 e. The fourth-order valence-corrected chi connectivity index (χ4v) is 3.16. The fraction of sp³-hybridized carbons (Fsp3) is 0.471. The zero-order valence-electron chi connectivity index (χ0n) is 11.4. The van der Waals surface area contributed by atoms with Crippen molar-refractivity contribution in [2.24, 2.45) is 5.92 Å². The number of nitrogens with one attached hydrogen (secondary N) is 1. The Hall–Kier alpha value is -1.57. The fourth-order valence-electron chi connectivity index (χ4n) is 3.16. The van der Waals surface area contributed by atoms with Gasteiger partial charge < -0.3 is 5.32 Å². The van der Waals surface area contributed by atoms with E-state index in [2.05, 4.69) is 40.6 Å². The normalized spacial score (nSPS) is 16.0. The highest BCUT2D eigenvalue weighted by Crippen LogP contribution is 2.28. The standard InChI is InChI=1S/C17H22N2/c1-2-7-14(6-1)8-5-12-18-17-16-10-4-3-9-15(16)11-13-19-17/h3-4,9-11,13-14H,1-2,5-8,12H2,(H,18,19). The maximum Gasteiger partial charge on any atom is 0.133 e. The van der Waals surface area contributed by atoms with E-state index in [4.69, 9.17) is 0 Å². The van der Waals surface area contributed by atoms with Crippen LogP contribution in [0.15, 0.2) is 36.5 Å². The summed E-state index contributed by atoms with van der Waals surface area (Å²) >= 11 is 0. The Morgan fingerprint density at radius 3 is 2.84 bits per heavy atom. The van der Waals surface area contributed by atoms with Gasteiger partial charge in [-0.25, -0.2) is 4.98 Å². The quantitative estimate of drug-likeness (QED) is 0.788. The first-order valence-electron chi connectivity index (χ1n) is 7.51. The van der Waals surface area contributed by atoms with Crippen LogP contribution in [-0.4, -0.2) is 11.5 Å². The van der Waals surface area contributed by atoms with Crippen LogP contribution in [0.5, 0.6) is 0 Å². The smallest absolute Gasteiger partial charge is 0.133 e. The Morgan fingerprint density at radius 1 is 1.11 bits per heavy atom. The van der Waals surface area contributed by atoms with E-state index in [1.165, 1.54) is 49.3 Å². The molecule has 0 radical (unpaired) electrons. The lowest BCUT2D eigenvalue weighted by molar-refractivity contribution is 0.491. The molecule has 19 heavy (non-hydrogen) atoms. The number of aromatic nitrogens is 1. The van der Waals surface area contributed by atoms with Gasteiger partial charge in [-0.3, -0.25) is 0 Å². The number of anilines is 1. The van der Waals surface area contributed by atoms with Gasteiger partial charge in [0.2, 0.25) is 0 Å². The number of benzene rings is 1. The third-order valence-electron chi connectivity index (χ3n) is 4.23. The second kappa shape index (κ2) is 6.05. The van der Waals surface area contributed by atoms with E-state index in [1.54, 1.807) is 0 Å². The molecule has 1 aliphatic rings. The van der Waals surface area contributed by atoms with Crippen LogP contribution in [0.4, 0.5) is 5.82 Å². The maximum absolute atomic E-state index is 4.47. The molecule has 1 aromatic heterocycles. The summed E-state index contributed by atoms with van der Waals surface area (Å²) in [6.07, 6.45) is 10.3. The molecular formula is C17H22N2. The summed E-state index contributed by atoms with van der Waals surface area (Å²) in [7, 11) is 0. The highest BCUT2D eigenvalue weighted by Gasteiger charge is 2.13. The van der Waals surface area contributed by atoms with Crippen molar-refractivity contribution in [1.29, 1.82) is 0 Å². The van der Waals surface area contributed by atoms with Crippen LogP contribution >= 0.6 is 0 Å². The molecule has 0 bridgehead atoms. The highest BCUT2D eigenvalue weighted by molar-refractivity contribution is 5.91. The summed E-state index contributed by atoms with van der Waals surface area (Å²) in [5, 5.41) is 5.99. The van der Waals surface area contributed by atoms with Gasteiger partial charge in [-0.15, -0.1) is 0 Å². The van der Waals surface area contributed by atoms with Crippen LogP contribution in [0, 0.1) is 5.92 Å². The molecular weight excluding hydrogens is 232 g/mol. The van der Waals surface area contributed by atoms with Crippen LogP contribution in [0.3, 0.4) is 0 Å². The molecule has 1 aliphatic carbocycles.